The predicted molar refractivity (Wildman–Crippen MR) is 93.5 cm³/mol. The van der Waals surface area contributed by atoms with Crippen LogP contribution in [0.15, 0.2) is 47.4 Å². The number of hydrogen-bond acceptors (Lipinski definition) is 6. The Morgan fingerprint density at radius 3 is 2.92 bits per heavy atom. The SMILES string of the molecule is N#Cc1cnc(C(=O)Nc2ccc3[nH]nc(-c4cnoc4)c3c2)c(Cl)c1. The number of rotatable bonds is 3. The molecule has 1 aromatic carbocycles. The first kappa shape index (κ1) is 15.8. The third-order valence-corrected chi connectivity index (χ3v) is 4.00. The average molecular weight is 365 g/mol. The van der Waals surface area contributed by atoms with Crippen LogP contribution in [0.2, 0.25) is 5.02 Å². The van der Waals surface area contributed by atoms with E-state index >= 15 is 0 Å². The van der Waals surface area contributed by atoms with E-state index in [1.54, 1.807) is 24.4 Å². The number of aromatic amines is 1. The van der Waals surface area contributed by atoms with Gasteiger partial charge in [-0.2, -0.15) is 10.4 Å². The summed E-state index contributed by atoms with van der Waals surface area (Å²) in [6.45, 7) is 0. The number of aromatic nitrogens is 4. The molecule has 0 radical (unpaired) electrons. The van der Waals surface area contributed by atoms with Gasteiger partial charge in [0, 0.05) is 17.3 Å². The minimum atomic E-state index is -0.478. The second-order valence-electron chi connectivity index (χ2n) is 5.37. The first-order valence-electron chi connectivity index (χ1n) is 7.40. The first-order valence-corrected chi connectivity index (χ1v) is 7.78. The van der Waals surface area contributed by atoms with E-state index in [2.05, 4.69) is 25.7 Å². The molecule has 8 nitrogen and oxygen atoms in total. The highest BCUT2D eigenvalue weighted by Gasteiger charge is 2.15. The zero-order chi connectivity index (χ0) is 18.1. The number of carbonyl (C=O) groups excluding carboxylic acids is 1. The van der Waals surface area contributed by atoms with Gasteiger partial charge in [0.05, 0.1) is 27.9 Å². The lowest BCUT2D eigenvalue weighted by Crippen LogP contribution is -2.14. The van der Waals surface area contributed by atoms with Crippen molar-refractivity contribution in [2.45, 2.75) is 0 Å². The molecule has 0 aliphatic carbocycles. The molecule has 0 fully saturated rings. The molecule has 126 valence electrons. The van der Waals surface area contributed by atoms with Crippen molar-refractivity contribution in [2.75, 3.05) is 5.32 Å². The van der Waals surface area contributed by atoms with Crippen molar-refractivity contribution in [1.82, 2.24) is 20.3 Å². The summed E-state index contributed by atoms with van der Waals surface area (Å²) < 4.78 is 4.85. The molecule has 4 aromatic rings. The molecule has 0 bridgehead atoms. The van der Waals surface area contributed by atoms with Gasteiger partial charge in [0.15, 0.2) is 0 Å². The fourth-order valence-corrected chi connectivity index (χ4v) is 2.74. The standard InChI is InChI=1S/C17H9ClN6O2/c18-13-3-9(5-19)6-20-16(13)17(25)22-11-1-2-14-12(4-11)15(24-23-14)10-7-21-26-8-10/h1-4,6-8H,(H,22,25)(H,23,24). The van der Waals surface area contributed by atoms with E-state index in [-0.39, 0.29) is 16.3 Å². The van der Waals surface area contributed by atoms with Gasteiger partial charge in [-0.25, -0.2) is 4.98 Å². The molecule has 26 heavy (non-hydrogen) atoms. The summed E-state index contributed by atoms with van der Waals surface area (Å²) in [5.41, 5.74) is 3.04. The second-order valence-corrected chi connectivity index (χ2v) is 5.77. The second kappa shape index (κ2) is 6.31. The number of nitrogens with zero attached hydrogens (tertiary/aromatic N) is 4. The highest BCUT2D eigenvalue weighted by molar-refractivity contribution is 6.34. The molecule has 9 heteroatoms. The summed E-state index contributed by atoms with van der Waals surface area (Å²) in [5, 5.41) is 23.3. The van der Waals surface area contributed by atoms with Gasteiger partial charge in [-0.3, -0.25) is 9.89 Å². The molecular formula is C17H9ClN6O2. The molecule has 0 saturated heterocycles. The summed E-state index contributed by atoms with van der Waals surface area (Å²) in [5.74, 6) is -0.478. The van der Waals surface area contributed by atoms with Crippen LogP contribution in [0.5, 0.6) is 0 Å². The Morgan fingerprint density at radius 1 is 1.31 bits per heavy atom. The van der Waals surface area contributed by atoms with Crippen LogP contribution in [0.25, 0.3) is 22.2 Å². The number of H-pyrrole nitrogens is 1. The van der Waals surface area contributed by atoms with Crippen LogP contribution >= 0.6 is 11.6 Å². The fraction of sp³-hybridized carbons (Fsp3) is 0. The van der Waals surface area contributed by atoms with Crippen LogP contribution in [0, 0.1) is 11.3 Å². The van der Waals surface area contributed by atoms with Crippen molar-refractivity contribution in [2.24, 2.45) is 0 Å². The van der Waals surface area contributed by atoms with E-state index in [9.17, 15) is 4.79 Å². The van der Waals surface area contributed by atoms with Crippen molar-refractivity contribution in [3.63, 3.8) is 0 Å². The van der Waals surface area contributed by atoms with E-state index in [0.29, 0.717) is 11.4 Å². The maximum absolute atomic E-state index is 12.4. The van der Waals surface area contributed by atoms with Crippen molar-refractivity contribution >= 4 is 34.1 Å². The van der Waals surface area contributed by atoms with Gasteiger partial charge in [-0.1, -0.05) is 16.8 Å². The maximum atomic E-state index is 12.4. The Labute approximate surface area is 151 Å². The Bertz CT molecular complexity index is 1160. The first-order chi connectivity index (χ1) is 12.7. The van der Waals surface area contributed by atoms with Gasteiger partial charge in [0.25, 0.3) is 5.91 Å². The normalized spacial score (nSPS) is 10.6. The highest BCUT2D eigenvalue weighted by Crippen LogP contribution is 2.28. The van der Waals surface area contributed by atoms with E-state index in [0.717, 1.165) is 16.5 Å². The molecule has 1 amide bonds. The molecule has 0 unspecified atom stereocenters. The van der Waals surface area contributed by atoms with Gasteiger partial charge < -0.3 is 9.84 Å². The Kier molecular flexibility index (Phi) is 3.84. The summed E-state index contributed by atoms with van der Waals surface area (Å²) in [4.78, 5) is 16.4. The minimum Gasteiger partial charge on any atom is -0.364 e. The Balaban J connectivity index is 1.66. The van der Waals surface area contributed by atoms with Crippen molar-refractivity contribution in [1.29, 1.82) is 5.26 Å². The number of carbonyl (C=O) groups is 1. The number of benzene rings is 1. The van der Waals surface area contributed by atoms with Gasteiger partial charge >= 0.3 is 0 Å². The number of nitriles is 1. The smallest absolute Gasteiger partial charge is 0.275 e. The van der Waals surface area contributed by atoms with Crippen molar-refractivity contribution < 1.29 is 9.32 Å². The third kappa shape index (κ3) is 2.76. The lowest BCUT2D eigenvalue weighted by molar-refractivity contribution is 0.102. The number of fused-ring (bicyclic) bond motifs is 1. The molecule has 3 heterocycles. The molecule has 0 aliphatic heterocycles. The predicted octanol–water partition coefficient (Wildman–Crippen LogP) is 3.39. The molecule has 0 spiro atoms. The maximum Gasteiger partial charge on any atom is 0.275 e. The molecule has 2 N–H and O–H groups in total. The number of halogens is 1. The molecular weight excluding hydrogens is 356 g/mol. The number of pyridine rings is 1. The zero-order valence-electron chi connectivity index (χ0n) is 13.0. The van der Waals surface area contributed by atoms with Crippen LogP contribution in [-0.2, 0) is 0 Å². The van der Waals surface area contributed by atoms with Gasteiger partial charge in [0.2, 0.25) is 0 Å². The Hall–Kier alpha value is -3.70. The molecule has 0 saturated carbocycles. The topological polar surface area (TPSA) is 120 Å². The molecule has 0 atom stereocenters. The summed E-state index contributed by atoms with van der Waals surface area (Å²) in [6, 6.07) is 8.61. The quantitative estimate of drug-likeness (QED) is 0.574. The number of nitrogens with one attached hydrogen (secondary N) is 2. The average Bonchev–Trinajstić information content (AvgIpc) is 3.30. The van der Waals surface area contributed by atoms with Gasteiger partial charge in [-0.15, -0.1) is 0 Å². The van der Waals surface area contributed by atoms with E-state index in [4.69, 9.17) is 21.4 Å². The lowest BCUT2D eigenvalue weighted by Gasteiger charge is -2.06. The highest BCUT2D eigenvalue weighted by atomic mass is 35.5. The zero-order valence-corrected chi connectivity index (χ0v) is 13.8. The largest absolute Gasteiger partial charge is 0.364 e. The molecule has 4 rings (SSSR count). The summed E-state index contributed by atoms with van der Waals surface area (Å²) >= 11 is 6.03. The lowest BCUT2D eigenvalue weighted by atomic mass is 10.1. The molecule has 3 aromatic heterocycles. The van der Waals surface area contributed by atoms with E-state index in [1.165, 1.54) is 18.5 Å². The van der Waals surface area contributed by atoms with Crippen LogP contribution in [0.4, 0.5) is 5.69 Å². The Morgan fingerprint density at radius 2 is 2.19 bits per heavy atom. The number of anilines is 1. The molecule has 0 aliphatic rings. The van der Waals surface area contributed by atoms with Gasteiger partial charge in [0.1, 0.15) is 23.7 Å². The van der Waals surface area contributed by atoms with E-state index < -0.39 is 5.91 Å². The van der Waals surface area contributed by atoms with Crippen LogP contribution < -0.4 is 5.32 Å². The summed E-state index contributed by atoms with van der Waals surface area (Å²) in [7, 11) is 0. The van der Waals surface area contributed by atoms with E-state index in [1.807, 2.05) is 6.07 Å². The van der Waals surface area contributed by atoms with Crippen LogP contribution in [0.3, 0.4) is 0 Å². The minimum absolute atomic E-state index is 0.0391. The van der Waals surface area contributed by atoms with Gasteiger partial charge in [-0.05, 0) is 24.3 Å². The van der Waals surface area contributed by atoms with Crippen molar-refractivity contribution in [3.05, 3.63) is 59.2 Å². The number of hydrogen-bond donors (Lipinski definition) is 2. The number of amides is 1. The van der Waals surface area contributed by atoms with Crippen LogP contribution in [0.1, 0.15) is 16.1 Å². The van der Waals surface area contributed by atoms with Crippen molar-refractivity contribution in [3.8, 4) is 17.3 Å². The summed E-state index contributed by atoms with van der Waals surface area (Å²) in [6.07, 6.45) is 4.34. The fourth-order valence-electron chi connectivity index (χ4n) is 2.49. The third-order valence-electron chi connectivity index (χ3n) is 3.71. The van der Waals surface area contributed by atoms with Crippen LogP contribution in [-0.4, -0.2) is 26.2 Å². The monoisotopic (exact) mass is 364 g/mol.